The van der Waals surface area contributed by atoms with Crippen LogP contribution in [-0.2, 0) is 0 Å². The molecule has 6 nitrogen and oxygen atoms in total. The Morgan fingerprint density at radius 1 is 1.06 bits per heavy atom. The van der Waals surface area contributed by atoms with Crippen LogP contribution in [0.3, 0.4) is 0 Å². The second kappa shape index (κ2) is 8.26. The summed E-state index contributed by atoms with van der Waals surface area (Å²) in [6, 6.07) is 7.93. The van der Waals surface area contributed by atoms with Gasteiger partial charge in [0.1, 0.15) is 11.9 Å². The summed E-state index contributed by atoms with van der Waals surface area (Å²) in [6.45, 7) is 2.55. The van der Waals surface area contributed by atoms with Crippen molar-refractivity contribution in [2.24, 2.45) is 5.92 Å². The van der Waals surface area contributed by atoms with E-state index in [9.17, 15) is 13.6 Å². The Morgan fingerprint density at radius 3 is 2.59 bits per heavy atom. The van der Waals surface area contributed by atoms with E-state index in [1.54, 1.807) is 17.2 Å². The summed E-state index contributed by atoms with van der Waals surface area (Å²) in [7, 11) is 0. The fourth-order valence-corrected chi connectivity index (χ4v) is 4.70. The summed E-state index contributed by atoms with van der Waals surface area (Å²) in [5, 5.41) is 0. The average Bonchev–Trinajstić information content (AvgIpc) is 2.81. The fourth-order valence-electron chi connectivity index (χ4n) is 4.70. The van der Waals surface area contributed by atoms with Gasteiger partial charge < -0.3 is 9.64 Å². The summed E-state index contributed by atoms with van der Waals surface area (Å²) < 4.78 is 34.2. The van der Waals surface area contributed by atoms with Crippen LogP contribution in [0.25, 0.3) is 11.4 Å². The molecule has 1 amide bonds. The highest BCUT2D eigenvalue weighted by Crippen LogP contribution is 2.38. The number of carbonyl (C=O) groups excluding carboxylic acids is 1. The van der Waals surface area contributed by atoms with E-state index in [-0.39, 0.29) is 35.0 Å². The quantitative estimate of drug-likeness (QED) is 0.613. The van der Waals surface area contributed by atoms with Gasteiger partial charge in [-0.1, -0.05) is 12.1 Å². The molecular weight excluding hydrogens is 414 g/mol. The number of hydrogen-bond acceptors (Lipinski definition) is 5. The monoisotopic (exact) mass is 436 g/mol. The largest absolute Gasteiger partial charge is 0.472 e. The molecule has 3 aliphatic rings. The van der Waals surface area contributed by atoms with Crippen molar-refractivity contribution in [1.29, 1.82) is 0 Å². The lowest BCUT2D eigenvalue weighted by molar-refractivity contribution is -0.0313. The van der Waals surface area contributed by atoms with Crippen molar-refractivity contribution in [3.8, 4) is 17.3 Å². The second-order valence-corrected chi connectivity index (χ2v) is 8.42. The zero-order chi connectivity index (χ0) is 22.2. The third-order valence-corrected chi connectivity index (χ3v) is 6.23. The lowest BCUT2D eigenvalue weighted by Crippen LogP contribution is -2.59. The molecule has 3 fully saturated rings. The number of piperidine rings is 2. The van der Waals surface area contributed by atoms with Crippen LogP contribution < -0.4 is 4.74 Å². The van der Waals surface area contributed by atoms with Gasteiger partial charge in [0.2, 0.25) is 5.88 Å². The molecule has 0 N–H and O–H groups in total. The molecule has 6 rings (SSSR count). The molecule has 0 radical (unpaired) electrons. The van der Waals surface area contributed by atoms with Gasteiger partial charge in [0.15, 0.2) is 11.6 Å². The number of nitrogens with zero attached hydrogens (tertiary/aromatic N) is 4. The number of aryl methyl sites for hydroxylation is 1. The number of aromatic nitrogens is 3. The molecular formula is C24H22F2N4O2. The lowest BCUT2D eigenvalue weighted by Gasteiger charge is -2.49. The third-order valence-electron chi connectivity index (χ3n) is 6.23. The van der Waals surface area contributed by atoms with E-state index in [4.69, 9.17) is 4.74 Å². The van der Waals surface area contributed by atoms with Gasteiger partial charge in [-0.3, -0.25) is 4.79 Å². The van der Waals surface area contributed by atoms with Crippen molar-refractivity contribution >= 4 is 5.91 Å². The zero-order valence-corrected chi connectivity index (χ0v) is 17.5. The smallest absolute Gasteiger partial charge is 0.255 e. The number of fused-ring (bicyclic) bond motifs is 3. The van der Waals surface area contributed by atoms with E-state index in [2.05, 4.69) is 15.0 Å². The molecule has 2 saturated heterocycles. The van der Waals surface area contributed by atoms with Crippen molar-refractivity contribution in [2.45, 2.75) is 38.3 Å². The van der Waals surface area contributed by atoms with Gasteiger partial charge in [-0.2, -0.15) is 0 Å². The minimum absolute atomic E-state index is 0.0170. The Bertz CT molecular complexity index is 1140. The first-order valence-electron chi connectivity index (χ1n) is 10.7. The molecule has 32 heavy (non-hydrogen) atoms. The van der Waals surface area contributed by atoms with Crippen LogP contribution in [0.2, 0.25) is 0 Å². The number of halogens is 2. The molecule has 1 aromatic carbocycles. The van der Waals surface area contributed by atoms with Crippen LogP contribution in [0.15, 0.2) is 48.9 Å². The van der Waals surface area contributed by atoms with Gasteiger partial charge in [-0.05, 0) is 49.8 Å². The highest BCUT2D eigenvalue weighted by atomic mass is 19.1. The number of carbonyl (C=O) groups is 1. The Morgan fingerprint density at radius 2 is 1.88 bits per heavy atom. The molecule has 2 aliphatic heterocycles. The fraction of sp³-hybridized carbons (Fsp3) is 0.333. The van der Waals surface area contributed by atoms with Gasteiger partial charge in [0, 0.05) is 18.8 Å². The summed E-state index contributed by atoms with van der Waals surface area (Å²) in [5.41, 5.74) is 1.19. The summed E-state index contributed by atoms with van der Waals surface area (Å²) in [5.74, 6) is -0.735. The molecule has 3 aromatic rings. The van der Waals surface area contributed by atoms with E-state index in [0.29, 0.717) is 18.3 Å². The van der Waals surface area contributed by atoms with E-state index >= 15 is 0 Å². The molecule has 1 saturated carbocycles. The minimum atomic E-state index is -0.629. The number of pyridine rings is 1. The third kappa shape index (κ3) is 3.81. The number of ether oxygens (including phenoxy) is 1. The SMILES string of the molecule is Cc1ccc(O[C@@H]2C[C@H]3CC[C@@H]2N(C(=O)c2cccc(F)c2-c2ncc(F)cn2)C3)nc1. The first-order valence-corrected chi connectivity index (χ1v) is 10.7. The molecule has 8 heteroatoms. The minimum Gasteiger partial charge on any atom is -0.472 e. The van der Waals surface area contributed by atoms with Crippen molar-refractivity contribution < 1.29 is 18.3 Å². The Hall–Kier alpha value is -3.42. The molecule has 164 valence electrons. The Labute approximate surface area is 184 Å². The van der Waals surface area contributed by atoms with Gasteiger partial charge >= 0.3 is 0 Å². The number of benzene rings is 1. The predicted octanol–water partition coefficient (Wildman–Crippen LogP) is 4.20. The summed E-state index contributed by atoms with van der Waals surface area (Å²) in [6.07, 6.45) is 6.18. The lowest BCUT2D eigenvalue weighted by atomic mass is 9.77. The summed E-state index contributed by atoms with van der Waals surface area (Å²) >= 11 is 0. The molecule has 4 heterocycles. The van der Waals surface area contributed by atoms with Crippen LogP contribution in [-0.4, -0.2) is 44.4 Å². The van der Waals surface area contributed by atoms with Crippen molar-refractivity contribution in [2.75, 3.05) is 6.54 Å². The van der Waals surface area contributed by atoms with Crippen LogP contribution in [0.4, 0.5) is 8.78 Å². The van der Waals surface area contributed by atoms with Crippen LogP contribution in [0.1, 0.15) is 35.2 Å². The van der Waals surface area contributed by atoms with Crippen LogP contribution >= 0.6 is 0 Å². The molecule has 1 aliphatic carbocycles. The first-order chi connectivity index (χ1) is 15.5. The molecule has 0 unspecified atom stereocenters. The van der Waals surface area contributed by atoms with Gasteiger partial charge in [0.25, 0.3) is 5.91 Å². The number of hydrogen-bond donors (Lipinski definition) is 0. The molecule has 2 bridgehead atoms. The van der Waals surface area contributed by atoms with E-state index in [0.717, 1.165) is 37.2 Å². The Kier molecular flexibility index (Phi) is 5.28. The zero-order valence-electron chi connectivity index (χ0n) is 17.5. The molecule has 2 aromatic heterocycles. The maximum atomic E-state index is 14.8. The van der Waals surface area contributed by atoms with Gasteiger partial charge in [0.05, 0.1) is 29.6 Å². The standard InChI is InChI=1S/C24H22F2N4O2/c1-14-5-8-21(27-10-14)32-20-9-15-6-7-19(20)30(13-15)24(31)17-3-2-4-18(26)22(17)23-28-11-16(25)12-29-23/h2-5,8,10-12,15,19-20H,6-7,9,13H2,1H3/t15-,19+,20-/m1/s1. The maximum Gasteiger partial charge on any atom is 0.255 e. The normalized spacial score (nSPS) is 22.1. The molecule has 3 atom stereocenters. The second-order valence-electron chi connectivity index (χ2n) is 8.42. The highest BCUT2D eigenvalue weighted by Gasteiger charge is 2.45. The predicted molar refractivity (Wildman–Crippen MR) is 113 cm³/mol. The van der Waals surface area contributed by atoms with Crippen LogP contribution in [0.5, 0.6) is 5.88 Å². The maximum absolute atomic E-state index is 14.8. The summed E-state index contributed by atoms with van der Waals surface area (Å²) in [4.78, 5) is 27.5. The van der Waals surface area contributed by atoms with Gasteiger partial charge in [-0.15, -0.1) is 0 Å². The van der Waals surface area contributed by atoms with Crippen LogP contribution in [0, 0.1) is 24.5 Å². The Balaban J connectivity index is 1.45. The number of amides is 1. The van der Waals surface area contributed by atoms with Gasteiger partial charge in [-0.25, -0.2) is 23.7 Å². The highest BCUT2D eigenvalue weighted by molar-refractivity contribution is 6.00. The van der Waals surface area contributed by atoms with E-state index in [1.165, 1.54) is 12.1 Å². The van der Waals surface area contributed by atoms with E-state index < -0.39 is 11.6 Å². The van der Waals surface area contributed by atoms with Crippen molar-refractivity contribution in [3.05, 3.63) is 71.7 Å². The topological polar surface area (TPSA) is 68.2 Å². The molecule has 0 spiro atoms. The number of rotatable bonds is 4. The van der Waals surface area contributed by atoms with Crippen molar-refractivity contribution in [3.63, 3.8) is 0 Å². The van der Waals surface area contributed by atoms with E-state index in [1.807, 2.05) is 19.1 Å². The first kappa shape index (κ1) is 20.5. The average molecular weight is 436 g/mol. The van der Waals surface area contributed by atoms with Crippen molar-refractivity contribution in [1.82, 2.24) is 19.9 Å².